The highest BCUT2D eigenvalue weighted by atomic mass is 35.5. The van der Waals surface area contributed by atoms with E-state index in [0.29, 0.717) is 36.2 Å². The van der Waals surface area contributed by atoms with E-state index in [1.54, 1.807) is 25.4 Å². The second kappa shape index (κ2) is 7.73. The van der Waals surface area contributed by atoms with Crippen LogP contribution < -0.4 is 10.1 Å². The number of nitrogens with zero attached hydrogens (tertiary/aromatic N) is 2. The van der Waals surface area contributed by atoms with Gasteiger partial charge in [0, 0.05) is 42.0 Å². The molecule has 0 radical (unpaired) electrons. The van der Waals surface area contributed by atoms with Gasteiger partial charge in [-0.1, -0.05) is 11.6 Å². The van der Waals surface area contributed by atoms with Gasteiger partial charge in [0.15, 0.2) is 0 Å². The number of rotatable bonds is 5. The van der Waals surface area contributed by atoms with Crippen molar-refractivity contribution in [3.05, 3.63) is 52.7 Å². The predicted molar refractivity (Wildman–Crippen MR) is 97.2 cm³/mol. The molecule has 0 spiro atoms. The summed E-state index contributed by atoms with van der Waals surface area (Å²) in [5, 5.41) is 13.3. The third-order valence-electron chi connectivity index (χ3n) is 4.71. The number of pyridine rings is 1. The van der Waals surface area contributed by atoms with E-state index in [2.05, 4.69) is 16.4 Å². The van der Waals surface area contributed by atoms with Crippen molar-refractivity contribution in [3.63, 3.8) is 0 Å². The number of nitriles is 1. The molecule has 1 fully saturated rings. The summed E-state index contributed by atoms with van der Waals surface area (Å²) in [4.78, 5) is 4.30. The minimum absolute atomic E-state index is 0.196. The first kappa shape index (κ1) is 17.5. The number of aromatic nitrogens is 1. The summed E-state index contributed by atoms with van der Waals surface area (Å²) >= 11 is 6.26. The molecular formula is C19H20ClN3O2. The van der Waals surface area contributed by atoms with Crippen LogP contribution in [0.5, 0.6) is 5.75 Å². The predicted octanol–water partition coefficient (Wildman–Crippen LogP) is 3.78. The van der Waals surface area contributed by atoms with Gasteiger partial charge in [-0.25, -0.2) is 4.98 Å². The average molecular weight is 358 g/mol. The van der Waals surface area contributed by atoms with Crippen molar-refractivity contribution in [1.29, 1.82) is 5.26 Å². The Morgan fingerprint density at radius 3 is 2.88 bits per heavy atom. The second-order valence-corrected chi connectivity index (χ2v) is 6.54. The highest BCUT2D eigenvalue weighted by Gasteiger charge is 2.37. The summed E-state index contributed by atoms with van der Waals surface area (Å²) in [6.07, 6.45) is 3.36. The first-order chi connectivity index (χ1) is 12.2. The molecule has 0 saturated carbocycles. The molecule has 1 N–H and O–H groups in total. The molecule has 0 unspecified atom stereocenters. The van der Waals surface area contributed by atoms with Crippen LogP contribution >= 0.6 is 11.6 Å². The minimum atomic E-state index is -0.196. The fourth-order valence-corrected chi connectivity index (χ4v) is 3.46. The molecule has 130 valence electrons. The normalized spacial score (nSPS) is 16.0. The number of hydrogen-bond acceptors (Lipinski definition) is 5. The van der Waals surface area contributed by atoms with Gasteiger partial charge < -0.3 is 14.8 Å². The van der Waals surface area contributed by atoms with Crippen LogP contribution in [0.25, 0.3) is 0 Å². The molecule has 0 bridgehead atoms. The molecule has 6 heteroatoms. The SMILES string of the molecule is COc1ccc(Cl)cc1C1(CNc2ncccc2C#N)CCOCC1. The zero-order valence-electron chi connectivity index (χ0n) is 14.1. The van der Waals surface area contributed by atoms with Crippen molar-refractivity contribution >= 4 is 17.4 Å². The fourth-order valence-electron chi connectivity index (χ4n) is 3.29. The smallest absolute Gasteiger partial charge is 0.143 e. The monoisotopic (exact) mass is 357 g/mol. The Hall–Kier alpha value is -2.29. The largest absolute Gasteiger partial charge is 0.496 e. The Morgan fingerprint density at radius 2 is 2.16 bits per heavy atom. The van der Waals surface area contributed by atoms with Crippen molar-refractivity contribution in [1.82, 2.24) is 4.98 Å². The Balaban J connectivity index is 1.95. The van der Waals surface area contributed by atoms with Gasteiger partial charge in [-0.3, -0.25) is 0 Å². The maximum atomic E-state index is 9.27. The lowest BCUT2D eigenvalue weighted by molar-refractivity contribution is 0.0535. The molecule has 1 aliphatic rings. The zero-order chi connectivity index (χ0) is 17.7. The number of benzene rings is 1. The Morgan fingerprint density at radius 1 is 1.36 bits per heavy atom. The van der Waals surface area contributed by atoms with Gasteiger partial charge in [-0.05, 0) is 43.2 Å². The summed E-state index contributed by atoms with van der Waals surface area (Å²) < 4.78 is 11.2. The van der Waals surface area contributed by atoms with E-state index < -0.39 is 0 Å². The molecule has 0 amide bonds. The molecule has 1 aliphatic heterocycles. The van der Waals surface area contributed by atoms with Crippen molar-refractivity contribution < 1.29 is 9.47 Å². The molecule has 0 aliphatic carbocycles. The number of halogens is 1. The van der Waals surface area contributed by atoms with E-state index in [-0.39, 0.29) is 5.41 Å². The second-order valence-electron chi connectivity index (χ2n) is 6.10. The first-order valence-electron chi connectivity index (χ1n) is 8.19. The minimum Gasteiger partial charge on any atom is -0.496 e. The van der Waals surface area contributed by atoms with E-state index in [9.17, 15) is 5.26 Å². The molecule has 1 aromatic carbocycles. The van der Waals surface area contributed by atoms with Gasteiger partial charge >= 0.3 is 0 Å². The number of hydrogen-bond donors (Lipinski definition) is 1. The van der Waals surface area contributed by atoms with Crippen LogP contribution in [-0.2, 0) is 10.2 Å². The van der Waals surface area contributed by atoms with Crippen LogP contribution in [0.4, 0.5) is 5.82 Å². The average Bonchev–Trinajstić information content (AvgIpc) is 2.67. The molecule has 2 aromatic rings. The molecule has 1 aromatic heterocycles. The van der Waals surface area contributed by atoms with Crippen molar-refractivity contribution in [2.75, 3.05) is 32.2 Å². The molecular weight excluding hydrogens is 338 g/mol. The van der Waals surface area contributed by atoms with Gasteiger partial charge in [0.05, 0.1) is 12.7 Å². The van der Waals surface area contributed by atoms with E-state index in [1.807, 2.05) is 18.2 Å². The maximum absolute atomic E-state index is 9.27. The van der Waals surface area contributed by atoms with E-state index in [0.717, 1.165) is 24.2 Å². The lowest BCUT2D eigenvalue weighted by Gasteiger charge is -2.39. The zero-order valence-corrected chi connectivity index (χ0v) is 14.8. The van der Waals surface area contributed by atoms with Crippen LogP contribution in [-0.4, -0.2) is 31.9 Å². The van der Waals surface area contributed by atoms with Crippen LogP contribution in [0.1, 0.15) is 24.0 Å². The van der Waals surface area contributed by atoms with Crippen LogP contribution in [0.15, 0.2) is 36.5 Å². The van der Waals surface area contributed by atoms with Crippen molar-refractivity contribution in [2.24, 2.45) is 0 Å². The van der Waals surface area contributed by atoms with Gasteiger partial charge in [0.2, 0.25) is 0 Å². The standard InChI is InChI=1S/C19H20ClN3O2/c1-24-17-5-4-15(20)11-16(17)19(6-9-25-10-7-19)13-23-18-14(12-21)3-2-8-22-18/h2-5,8,11H,6-7,9-10,13H2,1H3,(H,22,23). The fraction of sp³-hybridized carbons (Fsp3) is 0.368. The van der Waals surface area contributed by atoms with Gasteiger partial charge in [-0.15, -0.1) is 0 Å². The topological polar surface area (TPSA) is 67.2 Å². The third-order valence-corrected chi connectivity index (χ3v) is 4.94. The molecule has 0 atom stereocenters. The van der Waals surface area contributed by atoms with Crippen molar-refractivity contribution in [2.45, 2.75) is 18.3 Å². The molecule has 1 saturated heterocycles. The Kier molecular flexibility index (Phi) is 5.42. The van der Waals surface area contributed by atoms with Gasteiger partial charge in [0.25, 0.3) is 0 Å². The molecule has 2 heterocycles. The molecule has 25 heavy (non-hydrogen) atoms. The highest BCUT2D eigenvalue weighted by molar-refractivity contribution is 6.30. The number of anilines is 1. The lowest BCUT2D eigenvalue weighted by atomic mass is 9.73. The highest BCUT2D eigenvalue weighted by Crippen LogP contribution is 2.41. The van der Waals surface area contributed by atoms with E-state index in [1.165, 1.54) is 0 Å². The Bertz CT molecular complexity index is 782. The third kappa shape index (κ3) is 3.71. The summed E-state index contributed by atoms with van der Waals surface area (Å²) in [6, 6.07) is 11.4. The van der Waals surface area contributed by atoms with Crippen molar-refractivity contribution in [3.8, 4) is 11.8 Å². The van der Waals surface area contributed by atoms with Crippen LogP contribution in [0.3, 0.4) is 0 Å². The lowest BCUT2D eigenvalue weighted by Crippen LogP contribution is -2.40. The van der Waals surface area contributed by atoms with Crippen LogP contribution in [0.2, 0.25) is 5.02 Å². The summed E-state index contributed by atoms with van der Waals surface area (Å²) in [7, 11) is 1.67. The summed E-state index contributed by atoms with van der Waals surface area (Å²) in [5.74, 6) is 1.41. The summed E-state index contributed by atoms with van der Waals surface area (Å²) in [6.45, 7) is 1.97. The molecule has 5 nitrogen and oxygen atoms in total. The molecule has 3 rings (SSSR count). The van der Waals surface area contributed by atoms with Gasteiger partial charge in [-0.2, -0.15) is 5.26 Å². The quantitative estimate of drug-likeness (QED) is 0.882. The first-order valence-corrected chi connectivity index (χ1v) is 8.57. The van der Waals surface area contributed by atoms with E-state index in [4.69, 9.17) is 21.1 Å². The number of ether oxygens (including phenoxy) is 2. The van der Waals surface area contributed by atoms with Gasteiger partial charge in [0.1, 0.15) is 17.6 Å². The van der Waals surface area contributed by atoms with E-state index >= 15 is 0 Å². The number of methoxy groups -OCH3 is 1. The maximum Gasteiger partial charge on any atom is 0.143 e. The van der Waals surface area contributed by atoms with Crippen LogP contribution in [0, 0.1) is 11.3 Å². The summed E-state index contributed by atoms with van der Waals surface area (Å²) in [5.41, 5.74) is 1.40. The number of nitrogens with one attached hydrogen (secondary N) is 1. The Labute approximate surface area is 152 Å².